The quantitative estimate of drug-likeness (QED) is 0.612. The van der Waals surface area contributed by atoms with Gasteiger partial charge >= 0.3 is 0 Å². The summed E-state index contributed by atoms with van der Waals surface area (Å²) < 4.78 is 10.8. The van der Waals surface area contributed by atoms with Crippen LogP contribution in [0.2, 0.25) is 0 Å². The van der Waals surface area contributed by atoms with E-state index in [0.717, 1.165) is 17.9 Å². The Hall–Kier alpha value is -2.52. The fraction of sp³-hybridized carbons (Fsp3) is 0.182. The van der Waals surface area contributed by atoms with Gasteiger partial charge in [0.15, 0.2) is 0 Å². The molecule has 0 atom stereocenters. The van der Waals surface area contributed by atoms with Crippen LogP contribution in [0.5, 0.6) is 11.5 Å². The summed E-state index contributed by atoms with van der Waals surface area (Å²) in [5.41, 5.74) is 9.19. The maximum atomic E-state index is 5.52. The van der Waals surface area contributed by atoms with Crippen LogP contribution < -0.4 is 9.47 Å². The maximum absolute atomic E-state index is 5.52. The van der Waals surface area contributed by atoms with Crippen molar-refractivity contribution in [2.45, 2.75) is 13.3 Å². The molecule has 126 valence electrons. The van der Waals surface area contributed by atoms with Crippen LogP contribution in [0.3, 0.4) is 0 Å². The van der Waals surface area contributed by atoms with Gasteiger partial charge in [0.05, 0.1) is 14.2 Å². The lowest BCUT2D eigenvalue weighted by Crippen LogP contribution is -1.93. The van der Waals surface area contributed by atoms with Crippen LogP contribution in [0, 0.1) is 6.92 Å². The van der Waals surface area contributed by atoms with Crippen LogP contribution in [-0.2, 0) is 6.42 Å². The first-order valence-corrected chi connectivity index (χ1v) is 9.23. The number of rotatable bonds is 4. The second kappa shape index (κ2) is 6.41. The summed E-state index contributed by atoms with van der Waals surface area (Å²) in [5.74, 6) is 1.80. The Morgan fingerprint density at radius 3 is 2.28 bits per heavy atom. The Morgan fingerprint density at radius 1 is 0.880 bits per heavy atom. The molecule has 2 nitrogen and oxygen atoms in total. The average Bonchev–Trinajstić information content (AvgIpc) is 3.29. The molecule has 0 unspecified atom stereocenters. The van der Waals surface area contributed by atoms with E-state index in [4.69, 9.17) is 9.47 Å². The summed E-state index contributed by atoms with van der Waals surface area (Å²) in [7, 11) is 3.43. The molecule has 2 aromatic carbocycles. The summed E-state index contributed by atoms with van der Waals surface area (Å²) in [6.07, 6.45) is 0.947. The van der Waals surface area contributed by atoms with E-state index in [9.17, 15) is 0 Å². The van der Waals surface area contributed by atoms with Crippen molar-refractivity contribution in [3.8, 4) is 11.5 Å². The first-order chi connectivity index (χ1) is 12.2. The van der Waals surface area contributed by atoms with Crippen LogP contribution in [-0.4, -0.2) is 14.2 Å². The van der Waals surface area contributed by atoms with Crippen molar-refractivity contribution in [3.05, 3.63) is 81.0 Å². The number of hydrogen-bond acceptors (Lipinski definition) is 3. The van der Waals surface area contributed by atoms with E-state index in [1.807, 2.05) is 12.1 Å². The minimum absolute atomic E-state index is 0.884. The van der Waals surface area contributed by atoms with Gasteiger partial charge < -0.3 is 9.47 Å². The SMILES string of the molecule is COc1ccc(C2=C(c3ccsc3)c3cc(OC)cc(C)c3C2)cc1. The molecule has 1 aliphatic rings. The van der Waals surface area contributed by atoms with Crippen LogP contribution in [0.4, 0.5) is 0 Å². The second-order valence-corrected chi connectivity index (χ2v) is 7.02. The van der Waals surface area contributed by atoms with Crippen LogP contribution in [0.15, 0.2) is 53.2 Å². The molecule has 0 N–H and O–H groups in total. The summed E-state index contributed by atoms with van der Waals surface area (Å²) in [4.78, 5) is 0. The lowest BCUT2D eigenvalue weighted by atomic mass is 9.96. The Balaban J connectivity index is 1.92. The molecule has 0 saturated heterocycles. The van der Waals surface area contributed by atoms with Gasteiger partial charge in [-0.2, -0.15) is 11.3 Å². The van der Waals surface area contributed by atoms with Gasteiger partial charge in [0.25, 0.3) is 0 Å². The predicted octanol–water partition coefficient (Wildman–Crippen LogP) is 5.59. The average molecular weight is 348 g/mol. The van der Waals surface area contributed by atoms with Gasteiger partial charge in [-0.1, -0.05) is 12.1 Å². The monoisotopic (exact) mass is 348 g/mol. The van der Waals surface area contributed by atoms with Crippen LogP contribution >= 0.6 is 11.3 Å². The van der Waals surface area contributed by atoms with Gasteiger partial charge in [-0.25, -0.2) is 0 Å². The van der Waals surface area contributed by atoms with E-state index in [2.05, 4.69) is 48.0 Å². The summed E-state index contributed by atoms with van der Waals surface area (Å²) >= 11 is 1.73. The number of thiophene rings is 1. The van der Waals surface area contributed by atoms with Crippen molar-refractivity contribution in [1.82, 2.24) is 0 Å². The third kappa shape index (κ3) is 2.75. The summed E-state index contributed by atoms with van der Waals surface area (Å²) in [6.45, 7) is 2.17. The number of benzene rings is 2. The zero-order valence-corrected chi connectivity index (χ0v) is 15.4. The minimum atomic E-state index is 0.884. The lowest BCUT2D eigenvalue weighted by Gasteiger charge is -2.10. The van der Waals surface area contributed by atoms with Crippen molar-refractivity contribution in [2.24, 2.45) is 0 Å². The molecule has 4 rings (SSSR count). The van der Waals surface area contributed by atoms with Gasteiger partial charge in [-0.05, 0) is 93.4 Å². The summed E-state index contributed by atoms with van der Waals surface area (Å²) in [5, 5.41) is 4.36. The fourth-order valence-electron chi connectivity index (χ4n) is 3.56. The molecule has 25 heavy (non-hydrogen) atoms. The van der Waals surface area contributed by atoms with Gasteiger partial charge in [0, 0.05) is 0 Å². The molecule has 0 spiro atoms. The lowest BCUT2D eigenvalue weighted by molar-refractivity contribution is 0.414. The Morgan fingerprint density at radius 2 is 1.64 bits per heavy atom. The highest BCUT2D eigenvalue weighted by Crippen LogP contribution is 2.45. The molecule has 1 aromatic heterocycles. The largest absolute Gasteiger partial charge is 0.497 e. The third-order valence-corrected chi connectivity index (χ3v) is 5.54. The maximum Gasteiger partial charge on any atom is 0.119 e. The highest BCUT2D eigenvalue weighted by molar-refractivity contribution is 7.08. The molecular formula is C22H20O2S. The summed E-state index contributed by atoms with van der Waals surface area (Å²) in [6, 6.07) is 14.9. The van der Waals surface area contributed by atoms with Gasteiger partial charge in [0.2, 0.25) is 0 Å². The fourth-order valence-corrected chi connectivity index (χ4v) is 4.21. The smallest absolute Gasteiger partial charge is 0.119 e. The van der Waals surface area contributed by atoms with Crippen molar-refractivity contribution < 1.29 is 9.47 Å². The number of hydrogen-bond donors (Lipinski definition) is 0. The normalized spacial score (nSPS) is 13.1. The second-order valence-electron chi connectivity index (χ2n) is 6.24. The van der Waals surface area contributed by atoms with E-state index in [1.54, 1.807) is 25.6 Å². The molecule has 0 fully saturated rings. The van der Waals surface area contributed by atoms with Crippen LogP contribution in [0.1, 0.15) is 27.8 Å². The van der Waals surface area contributed by atoms with Gasteiger partial charge in [-0.15, -0.1) is 0 Å². The molecule has 0 radical (unpaired) electrons. The number of ether oxygens (including phenoxy) is 2. The molecular weight excluding hydrogens is 328 g/mol. The first-order valence-electron chi connectivity index (χ1n) is 8.29. The number of fused-ring (bicyclic) bond motifs is 1. The van der Waals surface area contributed by atoms with Crippen molar-refractivity contribution >= 4 is 22.5 Å². The number of aryl methyl sites for hydroxylation is 1. The standard InChI is InChI=1S/C22H20O2S/c1-14-10-18(24-3)11-21-19(14)12-20(22(21)16-8-9-25-13-16)15-4-6-17(23-2)7-5-15/h4-11,13H,12H2,1-3H3. The molecule has 0 aliphatic heterocycles. The van der Waals surface area contributed by atoms with E-state index >= 15 is 0 Å². The zero-order chi connectivity index (χ0) is 17.4. The zero-order valence-electron chi connectivity index (χ0n) is 14.6. The van der Waals surface area contributed by atoms with E-state index < -0.39 is 0 Å². The Kier molecular flexibility index (Phi) is 4.10. The molecule has 1 heterocycles. The number of allylic oxidation sites excluding steroid dienone is 1. The Bertz CT molecular complexity index is 935. The molecule has 1 aliphatic carbocycles. The molecule has 3 heteroatoms. The predicted molar refractivity (Wildman–Crippen MR) is 105 cm³/mol. The molecule has 0 amide bonds. The highest BCUT2D eigenvalue weighted by atomic mass is 32.1. The molecule has 3 aromatic rings. The first kappa shape index (κ1) is 16.0. The minimum Gasteiger partial charge on any atom is -0.497 e. The van der Waals surface area contributed by atoms with Crippen LogP contribution in [0.25, 0.3) is 11.1 Å². The van der Waals surface area contributed by atoms with E-state index in [1.165, 1.54) is 39.0 Å². The topological polar surface area (TPSA) is 18.5 Å². The molecule has 0 saturated carbocycles. The van der Waals surface area contributed by atoms with E-state index in [-0.39, 0.29) is 0 Å². The molecule has 0 bridgehead atoms. The number of methoxy groups -OCH3 is 2. The van der Waals surface area contributed by atoms with Gasteiger partial charge in [-0.3, -0.25) is 0 Å². The van der Waals surface area contributed by atoms with Crippen molar-refractivity contribution in [2.75, 3.05) is 14.2 Å². The van der Waals surface area contributed by atoms with Crippen molar-refractivity contribution in [3.63, 3.8) is 0 Å². The van der Waals surface area contributed by atoms with E-state index in [0.29, 0.717) is 0 Å². The third-order valence-electron chi connectivity index (χ3n) is 4.86. The highest BCUT2D eigenvalue weighted by Gasteiger charge is 2.26. The van der Waals surface area contributed by atoms with Crippen molar-refractivity contribution in [1.29, 1.82) is 0 Å². The Labute approximate surface area is 152 Å². The van der Waals surface area contributed by atoms with Gasteiger partial charge in [0.1, 0.15) is 11.5 Å².